The van der Waals surface area contributed by atoms with Crippen LogP contribution in [0.5, 0.6) is 11.5 Å². The van der Waals surface area contributed by atoms with Crippen molar-refractivity contribution in [3.05, 3.63) is 59.7 Å². The van der Waals surface area contributed by atoms with Crippen LogP contribution in [0.2, 0.25) is 0 Å². The second-order valence-electron chi connectivity index (χ2n) is 9.60. The van der Waals surface area contributed by atoms with Gasteiger partial charge >= 0.3 is 0 Å². The number of likely N-dealkylation sites (tertiary alicyclic amines) is 1. The van der Waals surface area contributed by atoms with Crippen molar-refractivity contribution in [3.8, 4) is 11.5 Å². The summed E-state index contributed by atoms with van der Waals surface area (Å²) in [4.78, 5) is 27.3. The number of nitrogens with zero attached hydrogens (tertiary/aromatic N) is 1. The number of carbonyl (C=O) groups excluding carboxylic acids is 2. The molecule has 2 aliphatic heterocycles. The molecule has 7 nitrogen and oxygen atoms in total. The number of hydrogen-bond donors (Lipinski definition) is 1. The Balaban J connectivity index is 1.34. The molecule has 7 heteroatoms. The molecule has 0 aliphatic carbocycles. The number of methoxy groups -OCH3 is 2. The lowest BCUT2D eigenvalue weighted by Crippen LogP contribution is -2.46. The molecule has 0 saturated carbocycles. The first-order valence-corrected chi connectivity index (χ1v) is 12.5. The average molecular weight is 481 g/mol. The number of hydrogen-bond acceptors (Lipinski definition) is 5. The minimum absolute atomic E-state index is 0.0466. The van der Waals surface area contributed by atoms with Crippen molar-refractivity contribution in [1.82, 2.24) is 10.2 Å². The molecule has 188 valence electrons. The number of piperidine rings is 1. The van der Waals surface area contributed by atoms with Gasteiger partial charge in [-0.05, 0) is 55.4 Å². The summed E-state index contributed by atoms with van der Waals surface area (Å²) in [5, 5.41) is 3.18. The van der Waals surface area contributed by atoms with E-state index in [1.165, 1.54) is 0 Å². The van der Waals surface area contributed by atoms with Crippen molar-refractivity contribution >= 4 is 11.8 Å². The van der Waals surface area contributed by atoms with Gasteiger partial charge in [0.1, 0.15) is 0 Å². The van der Waals surface area contributed by atoms with Gasteiger partial charge in [0.15, 0.2) is 11.5 Å². The van der Waals surface area contributed by atoms with E-state index < -0.39 is 5.54 Å². The van der Waals surface area contributed by atoms with Crippen LogP contribution in [-0.4, -0.2) is 55.7 Å². The van der Waals surface area contributed by atoms with Crippen LogP contribution in [0, 0.1) is 0 Å². The molecule has 2 amide bonds. The Labute approximate surface area is 207 Å². The van der Waals surface area contributed by atoms with Crippen molar-refractivity contribution in [2.45, 2.75) is 63.2 Å². The Bertz CT molecular complexity index is 1010. The van der Waals surface area contributed by atoms with Crippen molar-refractivity contribution < 1.29 is 23.8 Å². The number of ether oxygens (including phenoxy) is 3. The van der Waals surface area contributed by atoms with Gasteiger partial charge in [-0.1, -0.05) is 36.4 Å². The summed E-state index contributed by atoms with van der Waals surface area (Å²) in [7, 11) is 3.22. The molecule has 2 saturated heterocycles. The van der Waals surface area contributed by atoms with Gasteiger partial charge in [0.25, 0.3) is 0 Å². The van der Waals surface area contributed by atoms with Gasteiger partial charge in [0, 0.05) is 31.5 Å². The van der Waals surface area contributed by atoms with Crippen LogP contribution in [0.15, 0.2) is 48.5 Å². The Morgan fingerprint density at radius 2 is 1.89 bits per heavy atom. The zero-order chi connectivity index (χ0) is 24.7. The molecule has 4 rings (SSSR count). The highest BCUT2D eigenvalue weighted by atomic mass is 16.5. The third-order valence-corrected chi connectivity index (χ3v) is 7.10. The standard InChI is InChI=1S/C28H36N2O5/c1-33-24-11-10-22(17-25(24)34-2)18-28(14-12-26(31)29-28)15-13-27(32)30-16-6-9-23(19-30)35-20-21-7-4-3-5-8-21/h3-5,7-8,10-11,17,23H,6,9,12-16,18-20H2,1-2H3,(H,29,31)/t23-,28-/m1/s1. The maximum Gasteiger partial charge on any atom is 0.222 e. The van der Waals surface area contributed by atoms with Crippen molar-refractivity contribution in [2.24, 2.45) is 0 Å². The summed E-state index contributed by atoms with van der Waals surface area (Å²) < 4.78 is 16.9. The van der Waals surface area contributed by atoms with Crippen LogP contribution in [-0.2, 0) is 27.4 Å². The molecular formula is C28H36N2O5. The second-order valence-corrected chi connectivity index (χ2v) is 9.60. The van der Waals surface area contributed by atoms with E-state index in [9.17, 15) is 9.59 Å². The summed E-state index contributed by atoms with van der Waals surface area (Å²) in [6, 6.07) is 16.0. The number of carbonyl (C=O) groups is 2. The van der Waals surface area contributed by atoms with Crippen molar-refractivity contribution in [1.29, 1.82) is 0 Å². The topological polar surface area (TPSA) is 77.1 Å². The van der Waals surface area contributed by atoms with Gasteiger partial charge in [-0.25, -0.2) is 0 Å². The first-order chi connectivity index (χ1) is 17.0. The highest BCUT2D eigenvalue weighted by molar-refractivity contribution is 5.80. The number of nitrogens with one attached hydrogen (secondary N) is 1. The van der Waals surface area contributed by atoms with E-state index in [-0.39, 0.29) is 17.9 Å². The molecule has 0 spiro atoms. The summed E-state index contributed by atoms with van der Waals surface area (Å²) >= 11 is 0. The fourth-order valence-electron chi connectivity index (χ4n) is 5.16. The molecule has 2 aromatic rings. The fourth-order valence-corrected chi connectivity index (χ4v) is 5.16. The van der Waals surface area contributed by atoms with Crippen molar-refractivity contribution in [2.75, 3.05) is 27.3 Å². The number of benzene rings is 2. The van der Waals surface area contributed by atoms with Gasteiger partial charge < -0.3 is 24.4 Å². The van der Waals surface area contributed by atoms with Gasteiger partial charge in [-0.2, -0.15) is 0 Å². The number of rotatable bonds is 10. The summed E-state index contributed by atoms with van der Waals surface area (Å²) in [6.07, 6.45) is 4.83. The van der Waals surface area contributed by atoms with Gasteiger partial charge in [0.2, 0.25) is 11.8 Å². The quantitative estimate of drug-likeness (QED) is 0.558. The Morgan fingerprint density at radius 1 is 1.09 bits per heavy atom. The molecule has 1 N–H and O–H groups in total. The predicted molar refractivity (Wildman–Crippen MR) is 133 cm³/mol. The maximum absolute atomic E-state index is 13.2. The van der Waals surface area contributed by atoms with E-state index in [1.54, 1.807) is 14.2 Å². The van der Waals surface area contributed by atoms with Gasteiger partial charge in [0.05, 0.1) is 26.9 Å². The van der Waals surface area contributed by atoms with E-state index in [0.717, 1.165) is 36.9 Å². The summed E-state index contributed by atoms with van der Waals surface area (Å²) in [6.45, 7) is 1.95. The van der Waals surface area contributed by atoms with E-state index in [1.807, 2.05) is 41.3 Å². The largest absolute Gasteiger partial charge is 0.493 e. The highest BCUT2D eigenvalue weighted by Crippen LogP contribution is 2.34. The molecule has 2 aromatic carbocycles. The molecular weight excluding hydrogens is 444 g/mol. The predicted octanol–water partition coefficient (Wildman–Crippen LogP) is 3.88. The monoisotopic (exact) mass is 480 g/mol. The van der Waals surface area contributed by atoms with Crippen LogP contribution in [0.3, 0.4) is 0 Å². The lowest BCUT2D eigenvalue weighted by Gasteiger charge is -2.34. The minimum Gasteiger partial charge on any atom is -0.493 e. The highest BCUT2D eigenvalue weighted by Gasteiger charge is 2.38. The van der Waals surface area contributed by atoms with E-state index >= 15 is 0 Å². The molecule has 0 bridgehead atoms. The molecule has 2 heterocycles. The van der Waals surface area contributed by atoms with E-state index in [2.05, 4.69) is 17.4 Å². The summed E-state index contributed by atoms with van der Waals surface area (Å²) in [5.74, 6) is 1.51. The third kappa shape index (κ3) is 6.54. The van der Waals surface area contributed by atoms with Crippen molar-refractivity contribution in [3.63, 3.8) is 0 Å². The second kappa shape index (κ2) is 11.6. The van der Waals surface area contributed by atoms with Crippen LogP contribution in [0.25, 0.3) is 0 Å². The van der Waals surface area contributed by atoms with Crippen LogP contribution < -0.4 is 14.8 Å². The lowest BCUT2D eigenvalue weighted by atomic mass is 9.84. The Kier molecular flexibility index (Phi) is 8.29. The van der Waals surface area contributed by atoms with Gasteiger partial charge in [-0.3, -0.25) is 9.59 Å². The van der Waals surface area contributed by atoms with Crippen LogP contribution >= 0.6 is 0 Å². The number of amides is 2. The maximum atomic E-state index is 13.2. The molecule has 2 fully saturated rings. The first kappa shape index (κ1) is 25.0. The SMILES string of the molecule is COc1ccc(C[C@]2(CCC(=O)N3CCC[C@@H](OCc4ccccc4)C3)CCC(=O)N2)cc1OC. The fraction of sp³-hybridized carbons (Fsp3) is 0.500. The smallest absolute Gasteiger partial charge is 0.222 e. The summed E-state index contributed by atoms with van der Waals surface area (Å²) in [5.41, 5.74) is 1.76. The zero-order valence-electron chi connectivity index (χ0n) is 20.8. The van der Waals surface area contributed by atoms with Crippen LogP contribution in [0.4, 0.5) is 0 Å². The Hall–Kier alpha value is -3.06. The Morgan fingerprint density at radius 3 is 2.60 bits per heavy atom. The molecule has 2 atom stereocenters. The van der Waals surface area contributed by atoms with Crippen LogP contribution in [0.1, 0.15) is 49.7 Å². The molecule has 2 aliphatic rings. The molecule has 0 aromatic heterocycles. The zero-order valence-corrected chi connectivity index (χ0v) is 20.8. The first-order valence-electron chi connectivity index (χ1n) is 12.5. The van der Waals surface area contributed by atoms with E-state index in [0.29, 0.717) is 50.3 Å². The van der Waals surface area contributed by atoms with E-state index in [4.69, 9.17) is 14.2 Å². The lowest BCUT2D eigenvalue weighted by molar-refractivity contribution is -0.136. The molecule has 35 heavy (non-hydrogen) atoms. The normalized spacial score (nSPS) is 22.1. The third-order valence-electron chi connectivity index (χ3n) is 7.10. The average Bonchev–Trinajstić information content (AvgIpc) is 3.26. The van der Waals surface area contributed by atoms with Gasteiger partial charge in [-0.15, -0.1) is 0 Å². The minimum atomic E-state index is -0.425. The molecule has 0 radical (unpaired) electrons. The molecule has 0 unspecified atom stereocenters.